The van der Waals surface area contributed by atoms with Crippen LogP contribution in [0.1, 0.15) is 45.4 Å². The number of hydrogen-bond acceptors (Lipinski definition) is 9. The molecule has 1 saturated heterocycles. The second-order valence-corrected chi connectivity index (χ2v) is 11.0. The molecule has 0 aromatic carbocycles. The monoisotopic (exact) mass is 561 g/mol. The van der Waals surface area contributed by atoms with E-state index in [1.807, 2.05) is 10.8 Å². The normalized spacial score (nSPS) is 33.0. The SMILES string of the molecule is CCOC(=O)CCNC(=O)C1=CN2C3CCC(OC)CC3OC3C(NCCCn4ccnc4)C(F)CC(C1=O)C32. The van der Waals surface area contributed by atoms with E-state index in [9.17, 15) is 14.4 Å². The van der Waals surface area contributed by atoms with Crippen LogP contribution in [0.15, 0.2) is 30.5 Å². The molecule has 12 heteroatoms. The van der Waals surface area contributed by atoms with E-state index in [1.165, 1.54) is 0 Å². The van der Waals surface area contributed by atoms with Crippen LogP contribution in [0, 0.1) is 5.92 Å². The topological polar surface area (TPSA) is 124 Å². The summed E-state index contributed by atoms with van der Waals surface area (Å²) in [5.74, 6) is -2.03. The number of rotatable bonds is 11. The van der Waals surface area contributed by atoms with E-state index >= 15 is 4.39 Å². The molecule has 4 aliphatic rings. The van der Waals surface area contributed by atoms with E-state index in [0.29, 0.717) is 13.0 Å². The van der Waals surface area contributed by atoms with Gasteiger partial charge in [-0.05, 0) is 39.2 Å². The Morgan fingerprint density at radius 1 is 1.25 bits per heavy atom. The average Bonchev–Trinajstić information content (AvgIpc) is 3.47. The first-order valence-electron chi connectivity index (χ1n) is 14.4. The fraction of sp³-hybridized carbons (Fsp3) is 0.714. The lowest BCUT2D eigenvalue weighted by Crippen LogP contribution is -2.73. The summed E-state index contributed by atoms with van der Waals surface area (Å²) in [5, 5.41) is 6.07. The number of fused-ring (bicyclic) bond motifs is 2. The Bertz CT molecular complexity index is 1080. The molecule has 1 aromatic heterocycles. The number of nitrogens with zero attached hydrogens (tertiary/aromatic N) is 3. The molecule has 3 heterocycles. The second kappa shape index (κ2) is 12.8. The van der Waals surface area contributed by atoms with Crippen LogP contribution < -0.4 is 10.6 Å². The standard InChI is InChI=1S/C28H40FN5O6/c1-3-39-23(35)7-9-32-28(37)19-15-34-21-6-5-17(38-2)13-22(21)40-27-24(20(29)14-18(25(27)34)26(19)36)31-8-4-11-33-12-10-30-16-33/h10,12,15-18,20-22,24-25,27,31H,3-9,11,13-14H2,1-2H3,(H,32,37). The number of hydrogen-bond donors (Lipinski definition) is 2. The third-order valence-electron chi connectivity index (χ3n) is 8.65. The van der Waals surface area contributed by atoms with Crippen LogP contribution in [0.25, 0.3) is 0 Å². The average molecular weight is 562 g/mol. The summed E-state index contributed by atoms with van der Waals surface area (Å²) in [5.41, 5.74) is 0.0114. The van der Waals surface area contributed by atoms with Gasteiger partial charge in [0.1, 0.15) is 6.17 Å². The molecule has 3 fully saturated rings. The van der Waals surface area contributed by atoms with Crippen LogP contribution in [0.3, 0.4) is 0 Å². The minimum atomic E-state index is -1.31. The van der Waals surface area contributed by atoms with E-state index in [0.717, 1.165) is 25.8 Å². The predicted molar refractivity (Wildman–Crippen MR) is 142 cm³/mol. The first-order valence-corrected chi connectivity index (χ1v) is 14.4. The number of Topliss-reactive ketones (excluding diaryl/α,β-unsaturated/α-hetero) is 1. The molecule has 2 saturated carbocycles. The van der Waals surface area contributed by atoms with Gasteiger partial charge in [-0.15, -0.1) is 0 Å². The minimum Gasteiger partial charge on any atom is -0.466 e. The van der Waals surface area contributed by atoms with Gasteiger partial charge in [-0.2, -0.15) is 0 Å². The second-order valence-electron chi connectivity index (χ2n) is 11.0. The Labute approximate surface area is 233 Å². The van der Waals surface area contributed by atoms with Gasteiger partial charge in [-0.3, -0.25) is 14.4 Å². The van der Waals surface area contributed by atoms with Gasteiger partial charge in [-0.1, -0.05) is 0 Å². The van der Waals surface area contributed by atoms with Crippen molar-refractivity contribution >= 4 is 17.7 Å². The van der Waals surface area contributed by atoms with Gasteiger partial charge in [0.25, 0.3) is 5.91 Å². The van der Waals surface area contributed by atoms with Crippen molar-refractivity contribution in [2.45, 2.75) is 94.6 Å². The number of halogens is 1. The fourth-order valence-corrected chi connectivity index (χ4v) is 6.75. The molecule has 0 spiro atoms. The lowest BCUT2D eigenvalue weighted by Gasteiger charge is -2.59. The number of methoxy groups -OCH3 is 1. The largest absolute Gasteiger partial charge is 0.466 e. The fourth-order valence-electron chi connectivity index (χ4n) is 6.75. The molecule has 2 N–H and O–H groups in total. The first-order chi connectivity index (χ1) is 19.4. The van der Waals surface area contributed by atoms with Crippen LogP contribution in [0.5, 0.6) is 0 Å². The van der Waals surface area contributed by atoms with E-state index in [4.69, 9.17) is 14.2 Å². The number of amides is 1. The maximum atomic E-state index is 15.8. The van der Waals surface area contributed by atoms with Crippen molar-refractivity contribution < 1.29 is 33.0 Å². The lowest BCUT2D eigenvalue weighted by atomic mass is 9.69. The van der Waals surface area contributed by atoms with Crippen molar-refractivity contribution in [1.29, 1.82) is 0 Å². The highest BCUT2D eigenvalue weighted by Gasteiger charge is 2.58. The van der Waals surface area contributed by atoms with E-state index < -0.39 is 36.1 Å². The Balaban J connectivity index is 1.34. The molecule has 0 bridgehead atoms. The zero-order valence-electron chi connectivity index (χ0n) is 23.2. The summed E-state index contributed by atoms with van der Waals surface area (Å²) in [6, 6.07) is -0.970. The van der Waals surface area contributed by atoms with Crippen molar-refractivity contribution in [3.05, 3.63) is 30.5 Å². The van der Waals surface area contributed by atoms with Crippen molar-refractivity contribution in [1.82, 2.24) is 25.1 Å². The zero-order valence-corrected chi connectivity index (χ0v) is 23.2. The molecule has 8 unspecified atom stereocenters. The molecule has 40 heavy (non-hydrogen) atoms. The molecule has 8 atom stereocenters. The number of nitrogens with one attached hydrogen (secondary N) is 2. The number of aryl methyl sites for hydroxylation is 1. The third kappa shape index (κ3) is 5.94. The zero-order chi connectivity index (χ0) is 28.2. The molecular weight excluding hydrogens is 521 g/mol. The molecule has 2 aliphatic carbocycles. The maximum absolute atomic E-state index is 15.8. The molecule has 220 valence electrons. The highest BCUT2D eigenvalue weighted by molar-refractivity contribution is 6.20. The number of esters is 1. The van der Waals surface area contributed by atoms with Crippen LogP contribution in [0.4, 0.5) is 4.39 Å². The molecule has 11 nitrogen and oxygen atoms in total. The number of imidazole rings is 1. The molecule has 1 amide bonds. The highest BCUT2D eigenvalue weighted by atomic mass is 19.1. The number of carbonyl (C=O) groups excluding carboxylic acids is 3. The number of carbonyl (C=O) groups is 3. The van der Waals surface area contributed by atoms with Crippen LogP contribution in [-0.2, 0) is 35.1 Å². The predicted octanol–water partition coefficient (Wildman–Crippen LogP) is 1.13. The highest BCUT2D eigenvalue weighted by Crippen LogP contribution is 2.45. The Hall–Kier alpha value is -2.83. The van der Waals surface area contributed by atoms with Gasteiger partial charge in [-0.25, -0.2) is 9.37 Å². The summed E-state index contributed by atoms with van der Waals surface area (Å²) >= 11 is 0. The van der Waals surface area contributed by atoms with E-state index in [1.54, 1.807) is 32.8 Å². The minimum absolute atomic E-state index is 0.0105. The van der Waals surface area contributed by atoms with Gasteiger partial charge in [0.2, 0.25) is 0 Å². The molecular formula is C28H40FN5O6. The summed E-state index contributed by atoms with van der Waals surface area (Å²) in [6.07, 6.45) is 8.12. The summed E-state index contributed by atoms with van der Waals surface area (Å²) < 4.78 is 35.0. The van der Waals surface area contributed by atoms with Crippen molar-refractivity contribution in [2.24, 2.45) is 5.92 Å². The van der Waals surface area contributed by atoms with Gasteiger partial charge >= 0.3 is 5.97 Å². The smallest absolute Gasteiger partial charge is 0.307 e. The third-order valence-corrected chi connectivity index (χ3v) is 8.65. The maximum Gasteiger partial charge on any atom is 0.307 e. The van der Waals surface area contributed by atoms with Crippen LogP contribution in [0.2, 0.25) is 0 Å². The Morgan fingerprint density at radius 2 is 2.10 bits per heavy atom. The lowest BCUT2D eigenvalue weighted by molar-refractivity contribution is -0.206. The molecule has 1 aromatic rings. The van der Waals surface area contributed by atoms with Gasteiger partial charge in [0, 0.05) is 51.1 Å². The quantitative estimate of drug-likeness (QED) is 0.232. The number of alkyl halides is 1. The molecule has 0 radical (unpaired) electrons. The van der Waals surface area contributed by atoms with E-state index in [2.05, 4.69) is 20.5 Å². The number of aromatic nitrogens is 2. The van der Waals surface area contributed by atoms with Crippen molar-refractivity contribution in [3.8, 4) is 0 Å². The molecule has 2 aliphatic heterocycles. The van der Waals surface area contributed by atoms with Crippen LogP contribution >= 0.6 is 0 Å². The Morgan fingerprint density at radius 3 is 2.85 bits per heavy atom. The number of ether oxygens (including phenoxy) is 3. The van der Waals surface area contributed by atoms with Gasteiger partial charge < -0.3 is 34.3 Å². The van der Waals surface area contributed by atoms with Gasteiger partial charge in [0.05, 0.1) is 61.4 Å². The summed E-state index contributed by atoms with van der Waals surface area (Å²) in [4.78, 5) is 44.6. The van der Waals surface area contributed by atoms with Crippen LogP contribution in [-0.4, -0.2) is 102 Å². The summed E-state index contributed by atoms with van der Waals surface area (Å²) in [6.45, 7) is 3.38. The first kappa shape index (κ1) is 28.7. The summed E-state index contributed by atoms with van der Waals surface area (Å²) in [7, 11) is 1.69. The number of morpholine rings is 1. The van der Waals surface area contributed by atoms with Gasteiger partial charge in [0.15, 0.2) is 5.78 Å². The Kier molecular flexibility index (Phi) is 9.17. The van der Waals surface area contributed by atoms with E-state index in [-0.39, 0.29) is 61.6 Å². The van der Waals surface area contributed by atoms with Crippen molar-refractivity contribution in [2.75, 3.05) is 26.8 Å². The van der Waals surface area contributed by atoms with Crippen molar-refractivity contribution in [3.63, 3.8) is 0 Å². The molecule has 5 rings (SSSR count). The number of ketones is 1.